The molecule has 0 aromatic carbocycles. The first-order valence-corrected chi connectivity index (χ1v) is 7.27. The number of nitrogens with one attached hydrogen (secondary N) is 1. The zero-order valence-corrected chi connectivity index (χ0v) is 12.8. The molecule has 2 N–H and O–H groups in total. The molecule has 2 unspecified atom stereocenters. The Balaban J connectivity index is 2.67. The van der Waals surface area contributed by atoms with Crippen LogP contribution in [0.25, 0.3) is 0 Å². The molecule has 0 radical (unpaired) electrons. The van der Waals surface area contributed by atoms with Crippen LogP contribution in [-0.2, 0) is 0 Å². The van der Waals surface area contributed by atoms with Crippen LogP contribution in [0.2, 0.25) is 0 Å². The van der Waals surface area contributed by atoms with Crippen molar-refractivity contribution in [1.29, 1.82) is 0 Å². The molecule has 1 fully saturated rings. The molecular weight excluding hydrogens is 269 g/mol. The Hall–Kier alpha value is -0.330. The van der Waals surface area contributed by atoms with E-state index in [9.17, 15) is 18.3 Å². The van der Waals surface area contributed by atoms with Gasteiger partial charge in [0.25, 0.3) is 0 Å². The number of halogens is 3. The lowest BCUT2D eigenvalue weighted by molar-refractivity contribution is -0.152. The molecule has 20 heavy (non-hydrogen) atoms. The summed E-state index contributed by atoms with van der Waals surface area (Å²) in [5.41, 5.74) is -0.549. The second kappa shape index (κ2) is 6.62. The predicted molar refractivity (Wildman–Crippen MR) is 73.6 cm³/mol. The summed E-state index contributed by atoms with van der Waals surface area (Å²) < 4.78 is 38.0. The van der Waals surface area contributed by atoms with Crippen molar-refractivity contribution < 1.29 is 18.3 Å². The zero-order valence-electron chi connectivity index (χ0n) is 12.8. The normalized spacial score (nSPS) is 21.3. The van der Waals surface area contributed by atoms with Gasteiger partial charge >= 0.3 is 6.18 Å². The Labute approximate surface area is 119 Å². The van der Waals surface area contributed by atoms with Crippen molar-refractivity contribution in [3.8, 4) is 0 Å². The van der Waals surface area contributed by atoms with Crippen LogP contribution in [-0.4, -0.2) is 53.0 Å². The summed E-state index contributed by atoms with van der Waals surface area (Å²) in [5.74, 6) is 0. The molecular formula is C14H27F3N2O. The van der Waals surface area contributed by atoms with E-state index in [0.29, 0.717) is 6.42 Å². The molecule has 0 heterocycles. The Morgan fingerprint density at radius 3 is 2.15 bits per heavy atom. The first kappa shape index (κ1) is 17.7. The van der Waals surface area contributed by atoms with Crippen LogP contribution in [0.15, 0.2) is 0 Å². The van der Waals surface area contributed by atoms with E-state index in [0.717, 1.165) is 12.8 Å². The van der Waals surface area contributed by atoms with Crippen molar-refractivity contribution in [3.05, 3.63) is 0 Å². The van der Waals surface area contributed by atoms with Crippen LogP contribution in [0, 0.1) is 0 Å². The molecule has 0 aromatic rings. The Bertz CT molecular complexity index is 305. The molecule has 3 nitrogen and oxygen atoms in total. The van der Waals surface area contributed by atoms with Crippen molar-refractivity contribution in [3.63, 3.8) is 0 Å². The molecule has 1 aliphatic carbocycles. The van der Waals surface area contributed by atoms with E-state index in [-0.39, 0.29) is 24.7 Å². The van der Waals surface area contributed by atoms with Crippen molar-refractivity contribution in [2.24, 2.45) is 0 Å². The second-order valence-electron chi connectivity index (χ2n) is 6.59. The Kier molecular flexibility index (Phi) is 5.87. The monoisotopic (exact) mass is 296 g/mol. The van der Waals surface area contributed by atoms with Crippen LogP contribution in [0.3, 0.4) is 0 Å². The number of hydrogen-bond donors (Lipinski definition) is 2. The van der Waals surface area contributed by atoms with Crippen LogP contribution in [0.5, 0.6) is 0 Å². The first-order chi connectivity index (χ1) is 9.06. The summed E-state index contributed by atoms with van der Waals surface area (Å²) in [4.78, 5) is 1.54. The van der Waals surface area contributed by atoms with E-state index in [2.05, 4.69) is 5.32 Å². The van der Waals surface area contributed by atoms with Gasteiger partial charge in [0, 0.05) is 23.7 Å². The van der Waals surface area contributed by atoms with E-state index < -0.39 is 18.3 Å². The van der Waals surface area contributed by atoms with E-state index in [1.165, 1.54) is 4.90 Å². The van der Waals surface area contributed by atoms with Crippen molar-refractivity contribution in [2.75, 3.05) is 13.2 Å². The molecule has 0 aromatic heterocycles. The molecule has 0 spiro atoms. The zero-order chi connectivity index (χ0) is 15.6. The molecule has 1 rings (SSSR count). The number of aliphatic hydroxyl groups is 1. The second-order valence-corrected chi connectivity index (χ2v) is 6.59. The van der Waals surface area contributed by atoms with Gasteiger partial charge < -0.3 is 10.4 Å². The van der Waals surface area contributed by atoms with Crippen molar-refractivity contribution in [2.45, 2.75) is 76.8 Å². The molecule has 1 aliphatic rings. The lowest BCUT2D eigenvalue weighted by Gasteiger charge is -2.38. The number of rotatable bonds is 8. The Morgan fingerprint density at radius 1 is 1.25 bits per heavy atom. The van der Waals surface area contributed by atoms with E-state index >= 15 is 0 Å². The maximum Gasteiger partial charge on any atom is 0.401 e. The van der Waals surface area contributed by atoms with Gasteiger partial charge in [-0.15, -0.1) is 0 Å². The van der Waals surface area contributed by atoms with E-state index in [1.54, 1.807) is 0 Å². The highest BCUT2D eigenvalue weighted by atomic mass is 19.4. The van der Waals surface area contributed by atoms with Gasteiger partial charge in [0.1, 0.15) is 0 Å². The molecule has 6 heteroatoms. The van der Waals surface area contributed by atoms with Gasteiger partial charge in [-0.2, -0.15) is 13.2 Å². The summed E-state index contributed by atoms with van der Waals surface area (Å²) in [7, 11) is 0. The van der Waals surface area contributed by atoms with E-state index in [1.807, 2.05) is 27.7 Å². The minimum atomic E-state index is -4.17. The lowest BCUT2D eigenvalue weighted by atomic mass is 9.92. The minimum Gasteiger partial charge on any atom is -0.394 e. The SMILES string of the molecule is CC(C)NC(C)(CO)CC(C)N(CC(F)(F)F)C1CC1. The summed E-state index contributed by atoms with van der Waals surface area (Å²) in [6.07, 6.45) is -1.99. The maximum atomic E-state index is 12.7. The molecule has 120 valence electrons. The Morgan fingerprint density at radius 2 is 1.80 bits per heavy atom. The number of hydrogen-bond acceptors (Lipinski definition) is 3. The van der Waals surface area contributed by atoms with Gasteiger partial charge in [0.15, 0.2) is 0 Å². The van der Waals surface area contributed by atoms with Gasteiger partial charge in [0.05, 0.1) is 13.2 Å². The number of alkyl halides is 3. The summed E-state index contributed by atoms with van der Waals surface area (Å²) in [6, 6.07) is 0.0116. The molecule has 2 atom stereocenters. The standard InChI is InChI=1S/C14H27F3N2O/c1-10(2)18-13(4,9-20)7-11(3)19(12-5-6-12)8-14(15,16)17/h10-12,18,20H,5-9H2,1-4H3. The van der Waals surface area contributed by atoms with Gasteiger partial charge in [-0.3, -0.25) is 4.90 Å². The van der Waals surface area contributed by atoms with Crippen LogP contribution >= 0.6 is 0 Å². The molecule has 0 bridgehead atoms. The third kappa shape index (κ3) is 5.97. The van der Waals surface area contributed by atoms with Gasteiger partial charge in [-0.1, -0.05) is 13.8 Å². The van der Waals surface area contributed by atoms with Crippen LogP contribution in [0.1, 0.15) is 47.0 Å². The molecule has 0 amide bonds. The van der Waals surface area contributed by atoms with Crippen molar-refractivity contribution >= 4 is 0 Å². The number of nitrogens with zero attached hydrogens (tertiary/aromatic N) is 1. The molecule has 0 saturated heterocycles. The largest absolute Gasteiger partial charge is 0.401 e. The van der Waals surface area contributed by atoms with E-state index in [4.69, 9.17) is 0 Å². The van der Waals surface area contributed by atoms with Crippen LogP contribution < -0.4 is 5.32 Å². The summed E-state index contributed by atoms with van der Waals surface area (Å²) in [5, 5.41) is 12.8. The third-order valence-corrected chi connectivity index (χ3v) is 3.68. The predicted octanol–water partition coefficient (Wildman–Crippen LogP) is 2.54. The highest BCUT2D eigenvalue weighted by molar-refractivity contribution is 4.94. The minimum absolute atomic E-state index is 0.0496. The summed E-state index contributed by atoms with van der Waals surface area (Å²) >= 11 is 0. The van der Waals surface area contributed by atoms with Crippen molar-refractivity contribution in [1.82, 2.24) is 10.2 Å². The summed E-state index contributed by atoms with van der Waals surface area (Å²) in [6.45, 7) is 6.67. The lowest BCUT2D eigenvalue weighted by Crippen LogP contribution is -2.54. The smallest absolute Gasteiger partial charge is 0.394 e. The highest BCUT2D eigenvalue weighted by Gasteiger charge is 2.41. The topological polar surface area (TPSA) is 35.5 Å². The fraction of sp³-hybridized carbons (Fsp3) is 1.00. The van der Waals surface area contributed by atoms with Gasteiger partial charge in [-0.25, -0.2) is 0 Å². The van der Waals surface area contributed by atoms with Gasteiger partial charge in [0.2, 0.25) is 0 Å². The van der Waals surface area contributed by atoms with Gasteiger partial charge in [-0.05, 0) is 33.1 Å². The fourth-order valence-electron chi connectivity index (χ4n) is 2.89. The molecule has 1 saturated carbocycles. The molecule has 0 aliphatic heterocycles. The third-order valence-electron chi connectivity index (χ3n) is 3.68. The number of aliphatic hydroxyl groups excluding tert-OH is 1. The average molecular weight is 296 g/mol. The van der Waals surface area contributed by atoms with Crippen LogP contribution in [0.4, 0.5) is 13.2 Å². The fourth-order valence-corrected chi connectivity index (χ4v) is 2.89. The first-order valence-electron chi connectivity index (χ1n) is 7.27. The quantitative estimate of drug-likeness (QED) is 0.722. The maximum absolute atomic E-state index is 12.7. The highest BCUT2D eigenvalue weighted by Crippen LogP contribution is 2.33. The average Bonchev–Trinajstić information content (AvgIpc) is 3.07.